The Labute approximate surface area is 117 Å². The SMILES string of the molecule is CC1(C)CN(Cc2ccc(Cl)cc2F)CC(CO)O1. The second kappa shape index (κ2) is 5.75. The van der Waals surface area contributed by atoms with Crippen LogP contribution in [0, 0.1) is 5.82 Å². The Morgan fingerprint density at radius 3 is 2.89 bits per heavy atom. The van der Waals surface area contributed by atoms with E-state index in [0.717, 1.165) is 0 Å². The summed E-state index contributed by atoms with van der Waals surface area (Å²) >= 11 is 5.74. The summed E-state index contributed by atoms with van der Waals surface area (Å²) in [4.78, 5) is 2.09. The van der Waals surface area contributed by atoms with Crippen LogP contribution in [-0.2, 0) is 11.3 Å². The first-order chi connectivity index (χ1) is 8.89. The molecule has 1 fully saturated rings. The van der Waals surface area contributed by atoms with Crippen LogP contribution in [0.2, 0.25) is 5.02 Å². The van der Waals surface area contributed by atoms with Crippen molar-refractivity contribution in [2.45, 2.75) is 32.1 Å². The van der Waals surface area contributed by atoms with E-state index in [9.17, 15) is 9.50 Å². The number of hydrogen-bond donors (Lipinski definition) is 1. The molecule has 1 unspecified atom stereocenters. The Morgan fingerprint density at radius 1 is 1.53 bits per heavy atom. The Hall–Kier alpha value is -0.680. The molecule has 0 bridgehead atoms. The van der Waals surface area contributed by atoms with Crippen LogP contribution in [-0.4, -0.2) is 41.4 Å². The Kier molecular flexibility index (Phi) is 4.46. The fourth-order valence-corrected chi connectivity index (χ4v) is 2.68. The Morgan fingerprint density at radius 2 is 2.26 bits per heavy atom. The summed E-state index contributed by atoms with van der Waals surface area (Å²) < 4.78 is 19.5. The molecular formula is C14H19ClFNO2. The van der Waals surface area contributed by atoms with E-state index in [0.29, 0.717) is 30.2 Å². The summed E-state index contributed by atoms with van der Waals surface area (Å²) in [5.74, 6) is -0.294. The molecule has 1 saturated heterocycles. The highest BCUT2D eigenvalue weighted by molar-refractivity contribution is 6.30. The van der Waals surface area contributed by atoms with E-state index < -0.39 is 0 Å². The van der Waals surface area contributed by atoms with Gasteiger partial charge in [-0.15, -0.1) is 0 Å². The quantitative estimate of drug-likeness (QED) is 0.927. The second-order valence-corrected chi connectivity index (χ2v) is 6.02. The van der Waals surface area contributed by atoms with Gasteiger partial charge in [-0.25, -0.2) is 4.39 Å². The van der Waals surface area contributed by atoms with E-state index in [2.05, 4.69) is 4.90 Å². The minimum atomic E-state index is -0.339. The number of rotatable bonds is 3. The van der Waals surface area contributed by atoms with Crippen molar-refractivity contribution in [2.24, 2.45) is 0 Å². The Bertz CT molecular complexity index is 453. The standard InChI is InChI=1S/C14H19ClFNO2/c1-14(2)9-17(7-12(8-18)19-14)6-10-3-4-11(15)5-13(10)16/h3-5,12,18H,6-9H2,1-2H3. The number of ether oxygens (including phenoxy) is 1. The normalized spacial score (nSPS) is 23.5. The number of aliphatic hydroxyl groups excluding tert-OH is 1. The monoisotopic (exact) mass is 287 g/mol. The molecule has 1 aliphatic rings. The maximum absolute atomic E-state index is 13.8. The summed E-state index contributed by atoms with van der Waals surface area (Å²) in [6, 6.07) is 4.72. The van der Waals surface area contributed by atoms with Gasteiger partial charge in [0.05, 0.1) is 18.3 Å². The van der Waals surface area contributed by atoms with Crippen molar-refractivity contribution in [3.05, 3.63) is 34.6 Å². The van der Waals surface area contributed by atoms with E-state index in [1.54, 1.807) is 12.1 Å². The summed E-state index contributed by atoms with van der Waals surface area (Å²) in [5.41, 5.74) is 0.271. The molecule has 0 saturated carbocycles. The van der Waals surface area contributed by atoms with Crippen LogP contribution in [0.1, 0.15) is 19.4 Å². The maximum Gasteiger partial charge on any atom is 0.129 e. The minimum absolute atomic E-state index is 0.0248. The van der Waals surface area contributed by atoms with Gasteiger partial charge in [0.1, 0.15) is 5.82 Å². The predicted molar refractivity (Wildman–Crippen MR) is 72.7 cm³/mol. The van der Waals surface area contributed by atoms with Crippen molar-refractivity contribution in [3.63, 3.8) is 0 Å². The van der Waals surface area contributed by atoms with Gasteiger partial charge in [-0.05, 0) is 26.0 Å². The van der Waals surface area contributed by atoms with Gasteiger partial charge < -0.3 is 9.84 Å². The number of hydrogen-bond acceptors (Lipinski definition) is 3. The fourth-order valence-electron chi connectivity index (χ4n) is 2.52. The third-order valence-electron chi connectivity index (χ3n) is 3.16. The lowest BCUT2D eigenvalue weighted by Gasteiger charge is -2.42. The molecular weight excluding hydrogens is 269 g/mol. The molecule has 1 aromatic rings. The molecule has 5 heteroatoms. The summed E-state index contributed by atoms with van der Waals surface area (Å²) in [6.45, 7) is 5.71. The highest BCUT2D eigenvalue weighted by atomic mass is 35.5. The molecule has 0 aliphatic carbocycles. The van der Waals surface area contributed by atoms with Crippen LogP contribution < -0.4 is 0 Å². The van der Waals surface area contributed by atoms with E-state index in [4.69, 9.17) is 16.3 Å². The third kappa shape index (κ3) is 3.89. The minimum Gasteiger partial charge on any atom is -0.394 e. The lowest BCUT2D eigenvalue weighted by molar-refractivity contribution is -0.150. The van der Waals surface area contributed by atoms with Crippen LogP contribution in [0.4, 0.5) is 4.39 Å². The van der Waals surface area contributed by atoms with Gasteiger partial charge in [-0.3, -0.25) is 4.90 Å². The van der Waals surface area contributed by atoms with Crippen LogP contribution in [0.25, 0.3) is 0 Å². The number of benzene rings is 1. The molecule has 1 atom stereocenters. The molecule has 1 aliphatic heterocycles. The van der Waals surface area contributed by atoms with E-state index >= 15 is 0 Å². The van der Waals surface area contributed by atoms with Crippen molar-refractivity contribution in [1.82, 2.24) is 4.90 Å². The smallest absolute Gasteiger partial charge is 0.129 e. The highest BCUT2D eigenvalue weighted by Crippen LogP contribution is 2.23. The second-order valence-electron chi connectivity index (χ2n) is 5.59. The maximum atomic E-state index is 13.8. The zero-order valence-electron chi connectivity index (χ0n) is 11.2. The zero-order chi connectivity index (χ0) is 14.0. The van der Waals surface area contributed by atoms with Crippen molar-refractivity contribution >= 4 is 11.6 Å². The first-order valence-corrected chi connectivity index (χ1v) is 6.72. The average Bonchev–Trinajstić information content (AvgIpc) is 2.31. The van der Waals surface area contributed by atoms with Crippen molar-refractivity contribution in [3.8, 4) is 0 Å². The average molecular weight is 288 g/mol. The fraction of sp³-hybridized carbons (Fsp3) is 0.571. The van der Waals surface area contributed by atoms with Crippen molar-refractivity contribution in [2.75, 3.05) is 19.7 Å². The van der Waals surface area contributed by atoms with Crippen LogP contribution >= 0.6 is 11.6 Å². The first kappa shape index (κ1) is 14.7. The van der Waals surface area contributed by atoms with E-state index in [-0.39, 0.29) is 24.1 Å². The lowest BCUT2D eigenvalue weighted by atomic mass is 10.0. The van der Waals surface area contributed by atoms with Gasteiger partial charge in [0, 0.05) is 30.2 Å². The largest absolute Gasteiger partial charge is 0.394 e. The summed E-state index contributed by atoms with van der Waals surface area (Å²) in [7, 11) is 0. The van der Waals surface area contributed by atoms with Gasteiger partial charge in [0.2, 0.25) is 0 Å². The van der Waals surface area contributed by atoms with Crippen LogP contribution in [0.5, 0.6) is 0 Å². The molecule has 0 radical (unpaired) electrons. The topological polar surface area (TPSA) is 32.7 Å². The first-order valence-electron chi connectivity index (χ1n) is 6.34. The highest BCUT2D eigenvalue weighted by Gasteiger charge is 2.33. The van der Waals surface area contributed by atoms with Gasteiger partial charge >= 0.3 is 0 Å². The molecule has 0 aromatic heterocycles. The molecule has 1 heterocycles. The molecule has 19 heavy (non-hydrogen) atoms. The van der Waals surface area contributed by atoms with Crippen molar-refractivity contribution < 1.29 is 14.2 Å². The lowest BCUT2D eigenvalue weighted by Crippen LogP contribution is -2.53. The molecule has 106 valence electrons. The molecule has 2 rings (SSSR count). The van der Waals surface area contributed by atoms with Crippen LogP contribution in [0.15, 0.2) is 18.2 Å². The number of aliphatic hydroxyl groups is 1. The van der Waals surface area contributed by atoms with E-state index in [1.807, 2.05) is 13.8 Å². The molecule has 0 spiro atoms. The summed E-state index contributed by atoms with van der Waals surface area (Å²) in [5, 5.41) is 9.65. The Balaban J connectivity index is 2.09. The van der Waals surface area contributed by atoms with Gasteiger partial charge in [-0.1, -0.05) is 17.7 Å². The molecule has 1 aromatic carbocycles. The third-order valence-corrected chi connectivity index (χ3v) is 3.40. The van der Waals surface area contributed by atoms with Crippen LogP contribution in [0.3, 0.4) is 0 Å². The van der Waals surface area contributed by atoms with E-state index in [1.165, 1.54) is 6.07 Å². The van der Waals surface area contributed by atoms with Gasteiger partial charge in [-0.2, -0.15) is 0 Å². The van der Waals surface area contributed by atoms with Gasteiger partial charge in [0.15, 0.2) is 0 Å². The molecule has 0 amide bonds. The zero-order valence-corrected chi connectivity index (χ0v) is 12.0. The number of morpholine rings is 1. The number of halogens is 2. The predicted octanol–water partition coefficient (Wildman–Crippen LogP) is 2.45. The van der Waals surface area contributed by atoms with Crippen molar-refractivity contribution in [1.29, 1.82) is 0 Å². The summed E-state index contributed by atoms with van der Waals surface area (Å²) in [6.07, 6.45) is -0.223. The number of nitrogens with zero attached hydrogens (tertiary/aromatic N) is 1. The van der Waals surface area contributed by atoms with Gasteiger partial charge in [0.25, 0.3) is 0 Å². The molecule has 1 N–H and O–H groups in total. The molecule has 3 nitrogen and oxygen atoms in total.